The second-order valence-corrected chi connectivity index (χ2v) is 7.19. The van der Waals surface area contributed by atoms with Gasteiger partial charge in [-0.05, 0) is 50.1 Å². The van der Waals surface area contributed by atoms with E-state index in [2.05, 4.69) is 9.47 Å². The molecule has 7 nitrogen and oxygen atoms in total. The van der Waals surface area contributed by atoms with Crippen molar-refractivity contribution in [3.05, 3.63) is 29.8 Å². The normalized spacial score (nSPS) is 16.5. The van der Waals surface area contributed by atoms with E-state index in [-0.39, 0.29) is 12.1 Å². The van der Waals surface area contributed by atoms with Gasteiger partial charge in [0.05, 0.1) is 13.7 Å². The van der Waals surface area contributed by atoms with Crippen LogP contribution in [-0.2, 0) is 14.3 Å². The number of alkyl halides is 4. The number of hydrogen-bond acceptors (Lipinski definition) is 6. The lowest BCUT2D eigenvalue weighted by Crippen LogP contribution is -2.44. The van der Waals surface area contributed by atoms with Crippen molar-refractivity contribution in [3.8, 4) is 11.5 Å². The molecule has 0 fully saturated rings. The highest BCUT2D eigenvalue weighted by Gasteiger charge is 2.37. The Balaban J connectivity index is 2.37. The summed E-state index contributed by atoms with van der Waals surface area (Å²) < 4.78 is 68.8. The van der Waals surface area contributed by atoms with Crippen LogP contribution in [0.3, 0.4) is 0 Å². The first-order valence-electron chi connectivity index (χ1n) is 8.73. The molecule has 1 aliphatic rings. The van der Waals surface area contributed by atoms with E-state index in [0.717, 1.165) is 24.1 Å². The average Bonchev–Trinajstić information content (AvgIpc) is 3.06. The number of methoxy groups -OCH3 is 1. The molecule has 1 aliphatic heterocycles. The topological polar surface area (TPSA) is 74.3 Å². The Morgan fingerprint density at radius 3 is 2.20 bits per heavy atom. The summed E-state index contributed by atoms with van der Waals surface area (Å²) >= 11 is 0. The van der Waals surface area contributed by atoms with Crippen LogP contribution in [0.2, 0.25) is 0 Å². The highest BCUT2D eigenvalue weighted by molar-refractivity contribution is 5.90. The Labute approximate surface area is 170 Å². The lowest BCUT2D eigenvalue weighted by Gasteiger charge is -2.27. The van der Waals surface area contributed by atoms with Crippen molar-refractivity contribution in [1.29, 1.82) is 0 Å². The van der Waals surface area contributed by atoms with Gasteiger partial charge >= 0.3 is 25.3 Å². The molecule has 30 heavy (non-hydrogen) atoms. The SMILES string of the molecule is COC(=O)C1C=C(c2ccc(OC(F)F)c(OC(F)F)c2)CN1C(=O)OC(C)(C)C. The fourth-order valence-corrected chi connectivity index (χ4v) is 2.71. The number of benzene rings is 1. The van der Waals surface area contributed by atoms with Crippen LogP contribution in [0.5, 0.6) is 11.5 Å². The summed E-state index contributed by atoms with van der Waals surface area (Å²) in [5.74, 6) is -1.94. The molecule has 2 rings (SSSR count). The first-order chi connectivity index (χ1) is 13.9. The predicted octanol–water partition coefficient (Wildman–Crippen LogP) is 4.07. The highest BCUT2D eigenvalue weighted by Crippen LogP contribution is 2.35. The Kier molecular flexibility index (Phi) is 7.16. The summed E-state index contributed by atoms with van der Waals surface area (Å²) in [5, 5.41) is 0. The molecule has 0 spiro atoms. The van der Waals surface area contributed by atoms with E-state index in [9.17, 15) is 27.2 Å². The van der Waals surface area contributed by atoms with E-state index in [1.165, 1.54) is 12.1 Å². The van der Waals surface area contributed by atoms with Crippen LogP contribution in [0.4, 0.5) is 22.4 Å². The van der Waals surface area contributed by atoms with E-state index in [0.29, 0.717) is 5.57 Å². The van der Waals surface area contributed by atoms with E-state index in [1.807, 2.05) is 0 Å². The molecule has 1 aromatic carbocycles. The van der Waals surface area contributed by atoms with Crippen molar-refractivity contribution in [1.82, 2.24) is 4.90 Å². The van der Waals surface area contributed by atoms with Crippen LogP contribution in [0, 0.1) is 0 Å². The summed E-state index contributed by atoms with van der Waals surface area (Å²) in [7, 11) is 1.15. The smallest absolute Gasteiger partial charge is 0.411 e. The number of hydrogen-bond donors (Lipinski definition) is 0. The molecule has 11 heteroatoms. The predicted molar refractivity (Wildman–Crippen MR) is 96.4 cm³/mol. The maximum absolute atomic E-state index is 12.7. The molecule has 0 N–H and O–H groups in total. The molecule has 1 atom stereocenters. The molecule has 0 saturated heterocycles. The summed E-state index contributed by atoms with van der Waals surface area (Å²) in [6.07, 6.45) is 0.607. The quantitative estimate of drug-likeness (QED) is 0.496. The second-order valence-electron chi connectivity index (χ2n) is 7.19. The van der Waals surface area contributed by atoms with Gasteiger partial charge in [0.1, 0.15) is 5.60 Å². The first kappa shape index (κ1) is 23.3. The number of rotatable bonds is 6. The number of amides is 1. The van der Waals surface area contributed by atoms with Crippen LogP contribution in [0.25, 0.3) is 5.57 Å². The molecule has 0 saturated carbocycles. The minimum atomic E-state index is -3.28. The molecule has 0 bridgehead atoms. The standard InChI is InChI=1S/C19H21F4NO6/c1-19(2,3)30-18(26)24-9-11(7-12(24)15(25)27-4)10-5-6-13(28-16(20)21)14(8-10)29-17(22)23/h5-8,12,16-17H,9H2,1-4H3. The van der Waals surface area contributed by atoms with Gasteiger partial charge in [-0.3, -0.25) is 4.90 Å². The van der Waals surface area contributed by atoms with Gasteiger partial charge in [0.2, 0.25) is 0 Å². The lowest BCUT2D eigenvalue weighted by atomic mass is 10.1. The van der Waals surface area contributed by atoms with Crippen molar-refractivity contribution in [3.63, 3.8) is 0 Å². The Morgan fingerprint density at radius 2 is 1.67 bits per heavy atom. The Bertz CT molecular complexity index is 822. The van der Waals surface area contributed by atoms with Gasteiger partial charge in [-0.1, -0.05) is 6.07 Å². The van der Waals surface area contributed by atoms with Crippen molar-refractivity contribution in [2.75, 3.05) is 13.7 Å². The molecule has 0 radical (unpaired) electrons. The van der Waals surface area contributed by atoms with Gasteiger partial charge in [0.25, 0.3) is 0 Å². The fraction of sp³-hybridized carbons (Fsp3) is 0.474. The van der Waals surface area contributed by atoms with Gasteiger partial charge in [0.15, 0.2) is 17.5 Å². The third kappa shape index (κ3) is 6.01. The molecular formula is C19H21F4NO6. The number of esters is 1. The zero-order chi connectivity index (χ0) is 22.6. The molecule has 1 unspecified atom stereocenters. The maximum atomic E-state index is 12.7. The monoisotopic (exact) mass is 435 g/mol. The van der Waals surface area contributed by atoms with Gasteiger partial charge in [-0.2, -0.15) is 17.6 Å². The molecular weight excluding hydrogens is 414 g/mol. The van der Waals surface area contributed by atoms with Crippen molar-refractivity contribution in [2.45, 2.75) is 45.6 Å². The molecule has 1 aromatic rings. The van der Waals surface area contributed by atoms with Gasteiger partial charge < -0.3 is 18.9 Å². The van der Waals surface area contributed by atoms with Crippen molar-refractivity contribution < 1.29 is 46.1 Å². The Morgan fingerprint density at radius 1 is 1.07 bits per heavy atom. The molecule has 0 aliphatic carbocycles. The minimum absolute atomic E-state index is 0.113. The lowest BCUT2D eigenvalue weighted by molar-refractivity contribution is -0.144. The first-order valence-corrected chi connectivity index (χ1v) is 8.73. The third-order valence-corrected chi connectivity index (χ3v) is 3.85. The zero-order valence-corrected chi connectivity index (χ0v) is 16.7. The maximum Gasteiger partial charge on any atom is 0.411 e. The van der Waals surface area contributed by atoms with Crippen molar-refractivity contribution >= 4 is 17.6 Å². The van der Waals surface area contributed by atoms with Crippen molar-refractivity contribution in [2.24, 2.45) is 0 Å². The number of carbonyl (C=O) groups excluding carboxylic acids is 2. The van der Waals surface area contributed by atoms with Gasteiger partial charge in [-0.15, -0.1) is 0 Å². The molecule has 1 amide bonds. The van der Waals surface area contributed by atoms with E-state index >= 15 is 0 Å². The van der Waals surface area contributed by atoms with Crippen LogP contribution >= 0.6 is 0 Å². The largest absolute Gasteiger partial charge is 0.467 e. The van der Waals surface area contributed by atoms with E-state index in [4.69, 9.17) is 9.47 Å². The number of halogens is 4. The van der Waals surface area contributed by atoms with Gasteiger partial charge in [0, 0.05) is 0 Å². The molecule has 0 aromatic heterocycles. The zero-order valence-electron chi connectivity index (χ0n) is 16.7. The molecule has 166 valence electrons. The summed E-state index contributed by atoms with van der Waals surface area (Å²) in [6, 6.07) is 2.29. The van der Waals surface area contributed by atoms with Gasteiger partial charge in [-0.25, -0.2) is 9.59 Å². The summed E-state index contributed by atoms with van der Waals surface area (Å²) in [5.41, 5.74) is -0.196. The average molecular weight is 435 g/mol. The Hall–Kier alpha value is -2.98. The number of carbonyl (C=O) groups is 2. The second kappa shape index (κ2) is 9.23. The minimum Gasteiger partial charge on any atom is -0.467 e. The fourth-order valence-electron chi connectivity index (χ4n) is 2.71. The van der Waals surface area contributed by atoms with E-state index < -0.39 is 48.4 Å². The van der Waals surface area contributed by atoms with Crippen LogP contribution in [0.1, 0.15) is 26.3 Å². The van der Waals surface area contributed by atoms with Crippen LogP contribution < -0.4 is 9.47 Å². The highest BCUT2D eigenvalue weighted by atomic mass is 19.3. The van der Waals surface area contributed by atoms with Crippen LogP contribution in [0.15, 0.2) is 24.3 Å². The number of ether oxygens (including phenoxy) is 4. The summed E-state index contributed by atoms with van der Waals surface area (Å²) in [6.45, 7) is -1.68. The van der Waals surface area contributed by atoms with Crippen LogP contribution in [-0.4, -0.2) is 55.5 Å². The third-order valence-electron chi connectivity index (χ3n) is 3.85. The summed E-state index contributed by atoms with van der Waals surface area (Å²) in [4.78, 5) is 25.7. The number of nitrogens with zero attached hydrogens (tertiary/aromatic N) is 1. The molecule has 1 heterocycles. The van der Waals surface area contributed by atoms with E-state index in [1.54, 1.807) is 20.8 Å².